The van der Waals surface area contributed by atoms with Crippen LogP contribution in [0.5, 0.6) is 5.75 Å². The number of anilines is 1. The van der Waals surface area contributed by atoms with Crippen molar-refractivity contribution in [2.45, 2.75) is 57.0 Å². The van der Waals surface area contributed by atoms with Crippen molar-refractivity contribution in [1.82, 2.24) is 15.2 Å². The Bertz CT molecular complexity index is 977. The van der Waals surface area contributed by atoms with Crippen LogP contribution in [0.15, 0.2) is 48.7 Å². The number of pyridine rings is 1. The molecule has 1 aliphatic carbocycles. The number of aromatic nitrogens is 1. The standard InChI is InChI=1S/C27H36N4O5/c1-35-19-18-31(25(33)16-15-24(32)30-23-10-6-7-17-28-23)26(20-11-13-22(36-2)14-12-20)27(34)29-21-8-4-3-5-9-21/h6-7,10-14,17,21,26H,3-5,8-9,15-16,18-19H2,1-2H3,(H,29,34)(H,28,30,32)/t26-/m0/s1. The molecule has 0 saturated heterocycles. The molecular formula is C27H36N4O5. The van der Waals surface area contributed by atoms with Gasteiger partial charge in [0.05, 0.1) is 13.7 Å². The summed E-state index contributed by atoms with van der Waals surface area (Å²) in [7, 11) is 3.13. The van der Waals surface area contributed by atoms with Crippen molar-refractivity contribution in [1.29, 1.82) is 0 Å². The van der Waals surface area contributed by atoms with E-state index >= 15 is 0 Å². The molecule has 0 spiro atoms. The zero-order valence-corrected chi connectivity index (χ0v) is 21.1. The first kappa shape index (κ1) is 27.1. The summed E-state index contributed by atoms with van der Waals surface area (Å²) in [6, 6.07) is 11.6. The van der Waals surface area contributed by atoms with Crippen molar-refractivity contribution in [3.63, 3.8) is 0 Å². The first-order valence-corrected chi connectivity index (χ1v) is 12.5. The minimum atomic E-state index is -0.848. The lowest BCUT2D eigenvalue weighted by molar-refractivity contribution is -0.142. The molecule has 0 aliphatic heterocycles. The van der Waals surface area contributed by atoms with Crippen LogP contribution in [0.2, 0.25) is 0 Å². The largest absolute Gasteiger partial charge is 0.497 e. The van der Waals surface area contributed by atoms with Crippen LogP contribution in [0.4, 0.5) is 5.82 Å². The van der Waals surface area contributed by atoms with Gasteiger partial charge in [0.1, 0.15) is 17.6 Å². The fraction of sp³-hybridized carbons (Fsp3) is 0.481. The van der Waals surface area contributed by atoms with Gasteiger partial charge in [0.15, 0.2) is 0 Å². The zero-order valence-electron chi connectivity index (χ0n) is 21.1. The second kappa shape index (κ2) is 14.2. The molecule has 1 aliphatic rings. The molecule has 1 saturated carbocycles. The van der Waals surface area contributed by atoms with E-state index in [2.05, 4.69) is 15.6 Å². The first-order chi connectivity index (χ1) is 17.5. The molecule has 3 rings (SSSR count). The summed E-state index contributed by atoms with van der Waals surface area (Å²) in [5.41, 5.74) is 0.673. The maximum absolute atomic E-state index is 13.6. The Kier molecular flexibility index (Phi) is 10.7. The van der Waals surface area contributed by atoms with E-state index in [1.165, 1.54) is 11.3 Å². The molecule has 9 nitrogen and oxygen atoms in total. The summed E-state index contributed by atoms with van der Waals surface area (Å²) in [6.07, 6.45) is 6.70. The van der Waals surface area contributed by atoms with Gasteiger partial charge in [0.2, 0.25) is 17.7 Å². The van der Waals surface area contributed by atoms with Crippen LogP contribution in [0, 0.1) is 0 Å². The predicted molar refractivity (Wildman–Crippen MR) is 136 cm³/mol. The van der Waals surface area contributed by atoms with Crippen LogP contribution in [-0.2, 0) is 19.1 Å². The van der Waals surface area contributed by atoms with E-state index in [-0.39, 0.29) is 49.8 Å². The normalized spacial score (nSPS) is 14.5. The summed E-state index contributed by atoms with van der Waals surface area (Å²) >= 11 is 0. The van der Waals surface area contributed by atoms with Crippen molar-refractivity contribution in [2.24, 2.45) is 0 Å². The Morgan fingerprint density at radius 2 is 1.78 bits per heavy atom. The van der Waals surface area contributed by atoms with Crippen molar-refractivity contribution < 1.29 is 23.9 Å². The molecule has 1 atom stereocenters. The lowest BCUT2D eigenvalue weighted by Crippen LogP contribution is -2.48. The van der Waals surface area contributed by atoms with Gasteiger partial charge in [0.25, 0.3) is 0 Å². The molecule has 194 valence electrons. The van der Waals surface area contributed by atoms with E-state index in [4.69, 9.17) is 9.47 Å². The topological polar surface area (TPSA) is 110 Å². The number of nitrogens with one attached hydrogen (secondary N) is 2. The number of ether oxygens (including phenoxy) is 2. The van der Waals surface area contributed by atoms with Gasteiger partial charge in [-0.1, -0.05) is 37.5 Å². The molecular weight excluding hydrogens is 460 g/mol. The highest BCUT2D eigenvalue weighted by Gasteiger charge is 2.32. The molecule has 1 heterocycles. The molecule has 9 heteroatoms. The van der Waals surface area contributed by atoms with Gasteiger partial charge in [-0.15, -0.1) is 0 Å². The number of hydrogen-bond donors (Lipinski definition) is 2. The maximum Gasteiger partial charge on any atom is 0.247 e. The minimum Gasteiger partial charge on any atom is -0.497 e. The minimum absolute atomic E-state index is 0.0293. The van der Waals surface area contributed by atoms with Crippen molar-refractivity contribution >= 4 is 23.5 Å². The van der Waals surface area contributed by atoms with Gasteiger partial charge in [0, 0.05) is 38.7 Å². The Morgan fingerprint density at radius 1 is 1.03 bits per heavy atom. The highest BCUT2D eigenvalue weighted by Crippen LogP contribution is 2.26. The van der Waals surface area contributed by atoms with Gasteiger partial charge < -0.3 is 25.0 Å². The van der Waals surface area contributed by atoms with Crippen molar-refractivity contribution in [3.8, 4) is 5.75 Å². The summed E-state index contributed by atoms with van der Waals surface area (Å²) in [6.45, 7) is 0.473. The Hall–Kier alpha value is -3.46. The van der Waals surface area contributed by atoms with Gasteiger partial charge >= 0.3 is 0 Å². The van der Waals surface area contributed by atoms with Crippen LogP contribution in [0.1, 0.15) is 56.6 Å². The first-order valence-electron chi connectivity index (χ1n) is 12.5. The number of benzene rings is 1. The molecule has 0 unspecified atom stereocenters. The highest BCUT2D eigenvalue weighted by atomic mass is 16.5. The Balaban J connectivity index is 1.77. The molecule has 36 heavy (non-hydrogen) atoms. The summed E-state index contributed by atoms with van der Waals surface area (Å²) in [5, 5.41) is 5.85. The summed E-state index contributed by atoms with van der Waals surface area (Å²) in [5.74, 6) is 0.235. The van der Waals surface area contributed by atoms with E-state index in [0.717, 1.165) is 25.7 Å². The smallest absolute Gasteiger partial charge is 0.247 e. The highest BCUT2D eigenvalue weighted by molar-refractivity contribution is 5.94. The SMILES string of the molecule is COCCN(C(=O)CCC(=O)Nc1ccccn1)[C@H](C(=O)NC1CCCCC1)c1ccc(OC)cc1. The molecule has 1 fully saturated rings. The van der Waals surface area contributed by atoms with Crippen molar-refractivity contribution in [2.75, 3.05) is 32.7 Å². The lowest BCUT2D eigenvalue weighted by atomic mass is 9.94. The van der Waals surface area contributed by atoms with Crippen LogP contribution in [-0.4, -0.2) is 61.0 Å². The maximum atomic E-state index is 13.6. The van der Waals surface area contributed by atoms with Gasteiger partial charge in [-0.3, -0.25) is 14.4 Å². The summed E-state index contributed by atoms with van der Waals surface area (Å²) in [4.78, 5) is 45.0. The van der Waals surface area contributed by atoms with E-state index in [9.17, 15) is 14.4 Å². The number of hydrogen-bond acceptors (Lipinski definition) is 6. The van der Waals surface area contributed by atoms with E-state index in [0.29, 0.717) is 17.1 Å². The molecule has 1 aromatic carbocycles. The van der Waals surface area contributed by atoms with Crippen LogP contribution in [0.3, 0.4) is 0 Å². The van der Waals surface area contributed by atoms with E-state index in [1.54, 1.807) is 62.9 Å². The molecule has 1 aromatic heterocycles. The van der Waals surface area contributed by atoms with Crippen LogP contribution in [0.25, 0.3) is 0 Å². The third kappa shape index (κ3) is 8.05. The Morgan fingerprint density at radius 3 is 2.42 bits per heavy atom. The summed E-state index contributed by atoms with van der Waals surface area (Å²) < 4.78 is 10.5. The van der Waals surface area contributed by atoms with Gasteiger partial charge in [-0.25, -0.2) is 4.98 Å². The van der Waals surface area contributed by atoms with Crippen LogP contribution >= 0.6 is 0 Å². The average molecular weight is 497 g/mol. The fourth-order valence-electron chi connectivity index (χ4n) is 4.38. The number of nitrogens with zero attached hydrogens (tertiary/aromatic N) is 2. The molecule has 0 bridgehead atoms. The molecule has 2 aromatic rings. The number of rotatable bonds is 12. The average Bonchev–Trinajstić information content (AvgIpc) is 2.91. The second-order valence-electron chi connectivity index (χ2n) is 8.86. The number of amides is 3. The fourth-order valence-corrected chi connectivity index (χ4v) is 4.38. The third-order valence-corrected chi connectivity index (χ3v) is 6.30. The number of methoxy groups -OCH3 is 2. The quantitative estimate of drug-likeness (QED) is 0.466. The van der Waals surface area contributed by atoms with E-state index in [1.807, 2.05) is 0 Å². The molecule has 0 radical (unpaired) electrons. The number of carbonyl (C=O) groups excluding carboxylic acids is 3. The zero-order chi connectivity index (χ0) is 25.8. The monoisotopic (exact) mass is 496 g/mol. The number of carbonyl (C=O) groups is 3. The van der Waals surface area contributed by atoms with E-state index < -0.39 is 6.04 Å². The molecule has 3 amide bonds. The van der Waals surface area contributed by atoms with Gasteiger partial charge in [-0.2, -0.15) is 0 Å². The second-order valence-corrected chi connectivity index (χ2v) is 8.86. The van der Waals surface area contributed by atoms with Crippen LogP contribution < -0.4 is 15.4 Å². The predicted octanol–water partition coefficient (Wildman–Crippen LogP) is 3.47. The molecule has 2 N–H and O–H groups in total. The Labute approximate surface area is 212 Å². The lowest BCUT2D eigenvalue weighted by Gasteiger charge is -2.33. The third-order valence-electron chi connectivity index (χ3n) is 6.30. The van der Waals surface area contributed by atoms with Crippen molar-refractivity contribution in [3.05, 3.63) is 54.2 Å². The van der Waals surface area contributed by atoms with Gasteiger partial charge in [-0.05, 0) is 42.7 Å².